The molecule has 0 unspecified atom stereocenters. The second kappa shape index (κ2) is 4.97. The van der Waals surface area contributed by atoms with Crippen molar-refractivity contribution in [3.05, 3.63) is 69.3 Å². The van der Waals surface area contributed by atoms with Crippen LogP contribution in [0.3, 0.4) is 0 Å². The minimum Gasteiger partial charge on any atom is -0.360 e. The molecule has 0 amide bonds. The van der Waals surface area contributed by atoms with Gasteiger partial charge in [0.1, 0.15) is 0 Å². The summed E-state index contributed by atoms with van der Waals surface area (Å²) in [6, 6.07) is 10.8. The molecule has 0 bridgehead atoms. The maximum Gasteiger partial charge on any atom is 0.196 e. The van der Waals surface area contributed by atoms with Crippen LogP contribution >= 0.6 is 23.2 Å². The van der Waals surface area contributed by atoms with E-state index in [2.05, 4.69) is 4.98 Å². The molecule has 0 radical (unpaired) electrons. The van der Waals surface area contributed by atoms with Crippen molar-refractivity contribution in [2.45, 2.75) is 6.92 Å². The minimum atomic E-state index is -0.109. The lowest BCUT2D eigenvalue weighted by Crippen LogP contribution is -2.01. The first-order chi connectivity index (χ1) is 9.56. The quantitative estimate of drug-likeness (QED) is 0.663. The average Bonchev–Trinajstić information content (AvgIpc) is 2.80. The van der Waals surface area contributed by atoms with Crippen LogP contribution in [0.4, 0.5) is 0 Å². The van der Waals surface area contributed by atoms with Crippen LogP contribution < -0.4 is 0 Å². The van der Waals surface area contributed by atoms with Gasteiger partial charge in [0.2, 0.25) is 0 Å². The first-order valence-electron chi connectivity index (χ1n) is 6.14. The number of hydrogen-bond donors (Lipinski definition) is 1. The van der Waals surface area contributed by atoms with E-state index in [1.807, 2.05) is 25.1 Å². The standard InChI is InChI=1S/C16H11Cl2NO/c1-9-2-4-11-13(8-19-15(11)6-9)16(20)12-5-3-10(17)7-14(12)18/h2-8,19H,1H3. The Labute approximate surface area is 126 Å². The number of carbonyl (C=O) groups excluding carboxylic acids is 1. The van der Waals surface area contributed by atoms with Crippen LogP contribution in [0.1, 0.15) is 21.5 Å². The van der Waals surface area contributed by atoms with Gasteiger partial charge in [-0.05, 0) is 36.8 Å². The molecule has 0 fully saturated rings. The fourth-order valence-electron chi connectivity index (χ4n) is 2.25. The van der Waals surface area contributed by atoms with E-state index in [9.17, 15) is 4.79 Å². The van der Waals surface area contributed by atoms with Crippen LogP contribution in [0.5, 0.6) is 0 Å². The summed E-state index contributed by atoms with van der Waals surface area (Å²) in [6.07, 6.45) is 1.72. The second-order valence-corrected chi connectivity index (χ2v) is 5.55. The molecule has 3 rings (SSSR count). The minimum absolute atomic E-state index is 0.109. The molecule has 0 spiro atoms. The van der Waals surface area contributed by atoms with Crippen LogP contribution in [-0.4, -0.2) is 10.8 Å². The van der Waals surface area contributed by atoms with E-state index in [1.165, 1.54) is 0 Å². The van der Waals surface area contributed by atoms with Crippen molar-refractivity contribution in [3.8, 4) is 0 Å². The van der Waals surface area contributed by atoms with Crippen molar-refractivity contribution < 1.29 is 4.79 Å². The summed E-state index contributed by atoms with van der Waals surface area (Å²) in [5.74, 6) is -0.109. The molecular weight excluding hydrogens is 293 g/mol. The van der Waals surface area contributed by atoms with Gasteiger partial charge in [-0.15, -0.1) is 0 Å². The summed E-state index contributed by atoms with van der Waals surface area (Å²) in [7, 11) is 0. The molecule has 0 aliphatic heterocycles. The van der Waals surface area contributed by atoms with Crippen LogP contribution in [0.2, 0.25) is 10.0 Å². The van der Waals surface area contributed by atoms with E-state index < -0.39 is 0 Å². The Hall–Kier alpha value is -1.77. The first-order valence-corrected chi connectivity index (χ1v) is 6.89. The smallest absolute Gasteiger partial charge is 0.196 e. The number of benzene rings is 2. The average molecular weight is 304 g/mol. The van der Waals surface area contributed by atoms with Crippen molar-refractivity contribution in [2.75, 3.05) is 0 Å². The number of carbonyl (C=O) groups is 1. The fraction of sp³-hybridized carbons (Fsp3) is 0.0625. The number of halogens is 2. The molecule has 2 nitrogen and oxygen atoms in total. The molecule has 2 aromatic carbocycles. The number of ketones is 1. The molecule has 4 heteroatoms. The van der Waals surface area contributed by atoms with E-state index in [-0.39, 0.29) is 5.78 Å². The Bertz CT molecular complexity index is 820. The zero-order valence-electron chi connectivity index (χ0n) is 10.7. The van der Waals surface area contributed by atoms with E-state index in [0.29, 0.717) is 21.2 Å². The number of rotatable bonds is 2. The fourth-order valence-corrected chi connectivity index (χ4v) is 2.74. The van der Waals surface area contributed by atoms with Gasteiger partial charge in [0.25, 0.3) is 0 Å². The Morgan fingerprint density at radius 3 is 2.60 bits per heavy atom. The normalized spacial score (nSPS) is 10.9. The van der Waals surface area contributed by atoms with Gasteiger partial charge in [-0.3, -0.25) is 4.79 Å². The maximum absolute atomic E-state index is 12.6. The lowest BCUT2D eigenvalue weighted by atomic mass is 10.0. The summed E-state index contributed by atoms with van der Waals surface area (Å²) in [5.41, 5.74) is 3.16. The van der Waals surface area contributed by atoms with Crippen molar-refractivity contribution in [2.24, 2.45) is 0 Å². The lowest BCUT2D eigenvalue weighted by Gasteiger charge is -2.03. The highest BCUT2D eigenvalue weighted by molar-refractivity contribution is 6.38. The number of aromatic amines is 1. The van der Waals surface area contributed by atoms with E-state index in [0.717, 1.165) is 16.5 Å². The van der Waals surface area contributed by atoms with Gasteiger partial charge in [-0.2, -0.15) is 0 Å². The Kier molecular flexibility index (Phi) is 3.28. The number of aryl methyl sites for hydroxylation is 1. The van der Waals surface area contributed by atoms with E-state index >= 15 is 0 Å². The SMILES string of the molecule is Cc1ccc2c(C(=O)c3ccc(Cl)cc3Cl)c[nH]c2c1. The molecule has 1 N–H and O–H groups in total. The Morgan fingerprint density at radius 2 is 1.85 bits per heavy atom. The maximum atomic E-state index is 12.6. The van der Waals surface area contributed by atoms with Gasteiger partial charge >= 0.3 is 0 Å². The van der Waals surface area contributed by atoms with Gasteiger partial charge in [0.05, 0.1) is 5.02 Å². The Balaban J connectivity index is 2.13. The topological polar surface area (TPSA) is 32.9 Å². The lowest BCUT2D eigenvalue weighted by molar-refractivity contribution is 0.104. The van der Waals surface area contributed by atoms with Gasteiger partial charge in [-0.25, -0.2) is 0 Å². The number of nitrogens with one attached hydrogen (secondary N) is 1. The Morgan fingerprint density at radius 1 is 1.05 bits per heavy atom. The van der Waals surface area contributed by atoms with E-state index in [1.54, 1.807) is 24.4 Å². The summed E-state index contributed by atoms with van der Waals surface area (Å²) in [4.78, 5) is 15.7. The summed E-state index contributed by atoms with van der Waals surface area (Å²) < 4.78 is 0. The largest absolute Gasteiger partial charge is 0.360 e. The first kappa shape index (κ1) is 13.2. The molecule has 100 valence electrons. The third-order valence-electron chi connectivity index (χ3n) is 3.26. The van der Waals surface area contributed by atoms with Crippen LogP contribution in [0.15, 0.2) is 42.6 Å². The molecule has 20 heavy (non-hydrogen) atoms. The number of fused-ring (bicyclic) bond motifs is 1. The van der Waals surface area contributed by atoms with Crippen LogP contribution in [0.25, 0.3) is 10.9 Å². The molecule has 0 aliphatic rings. The molecule has 3 aromatic rings. The van der Waals surface area contributed by atoms with Crippen LogP contribution in [0, 0.1) is 6.92 Å². The van der Waals surface area contributed by atoms with Gasteiger partial charge in [-0.1, -0.05) is 35.3 Å². The highest BCUT2D eigenvalue weighted by Crippen LogP contribution is 2.27. The van der Waals surface area contributed by atoms with Gasteiger partial charge < -0.3 is 4.98 Å². The molecule has 0 atom stereocenters. The van der Waals surface area contributed by atoms with Gasteiger partial charge in [0, 0.05) is 33.2 Å². The number of aromatic nitrogens is 1. The third-order valence-corrected chi connectivity index (χ3v) is 3.81. The summed E-state index contributed by atoms with van der Waals surface area (Å²) in [5, 5.41) is 1.77. The van der Waals surface area contributed by atoms with E-state index in [4.69, 9.17) is 23.2 Å². The number of H-pyrrole nitrogens is 1. The summed E-state index contributed by atoms with van der Waals surface area (Å²) >= 11 is 12.0. The van der Waals surface area contributed by atoms with Crippen molar-refractivity contribution in [3.63, 3.8) is 0 Å². The molecule has 0 saturated heterocycles. The predicted molar refractivity (Wildman–Crippen MR) is 82.9 cm³/mol. The number of hydrogen-bond acceptors (Lipinski definition) is 1. The zero-order valence-corrected chi connectivity index (χ0v) is 12.2. The molecular formula is C16H11Cl2NO. The highest BCUT2D eigenvalue weighted by atomic mass is 35.5. The van der Waals surface area contributed by atoms with Gasteiger partial charge in [0.15, 0.2) is 5.78 Å². The second-order valence-electron chi connectivity index (χ2n) is 4.70. The van der Waals surface area contributed by atoms with Crippen molar-refractivity contribution >= 4 is 39.9 Å². The third kappa shape index (κ3) is 2.21. The molecule has 1 aromatic heterocycles. The predicted octanol–water partition coefficient (Wildman–Crippen LogP) is 5.01. The zero-order chi connectivity index (χ0) is 14.3. The summed E-state index contributed by atoms with van der Waals surface area (Å²) in [6.45, 7) is 2.01. The van der Waals surface area contributed by atoms with Crippen molar-refractivity contribution in [1.29, 1.82) is 0 Å². The monoisotopic (exact) mass is 303 g/mol. The molecule has 0 saturated carbocycles. The van der Waals surface area contributed by atoms with Crippen LogP contribution in [-0.2, 0) is 0 Å². The highest BCUT2D eigenvalue weighted by Gasteiger charge is 2.17. The molecule has 1 heterocycles. The molecule has 0 aliphatic carbocycles. The van der Waals surface area contributed by atoms with Crippen molar-refractivity contribution in [1.82, 2.24) is 4.98 Å².